The standard InChI is InChI=1S/C50H42BN/c1-31-27-33(3)49(34(4)28-31)51(50-35(5)29-32(2)30-36(50)6)44-25-24-42-40-19-13-14-20-41(40)48-45(26-22-37-21-23-43(44)47(42)46(37)48)52(38-15-9-7-10-16-38)39-17-11-8-12-18-39/h7-30H,1-6H3. The van der Waals surface area contributed by atoms with Gasteiger partial charge in [0.2, 0.25) is 6.71 Å². The number of rotatable bonds is 6. The van der Waals surface area contributed by atoms with Crippen molar-refractivity contribution in [3.63, 3.8) is 0 Å². The molecule has 1 nitrogen and oxygen atoms in total. The number of hydrogen-bond donors (Lipinski definition) is 0. The van der Waals surface area contributed by atoms with Gasteiger partial charge in [-0.15, -0.1) is 0 Å². The summed E-state index contributed by atoms with van der Waals surface area (Å²) in [6.45, 7) is 13.7. The van der Waals surface area contributed by atoms with Crippen LogP contribution in [0.2, 0.25) is 0 Å². The van der Waals surface area contributed by atoms with E-state index >= 15 is 0 Å². The van der Waals surface area contributed by atoms with Crippen molar-refractivity contribution in [3.8, 4) is 0 Å². The van der Waals surface area contributed by atoms with E-state index in [0.717, 1.165) is 11.4 Å². The molecule has 9 aromatic carbocycles. The molecule has 250 valence electrons. The molecule has 0 bridgehead atoms. The van der Waals surface area contributed by atoms with Crippen molar-refractivity contribution in [3.05, 3.63) is 179 Å². The van der Waals surface area contributed by atoms with Gasteiger partial charge in [-0.05, 0) is 104 Å². The van der Waals surface area contributed by atoms with Gasteiger partial charge in [0, 0.05) is 22.1 Å². The van der Waals surface area contributed by atoms with E-state index in [1.54, 1.807) is 0 Å². The molecule has 9 aromatic rings. The van der Waals surface area contributed by atoms with Gasteiger partial charge in [0.05, 0.1) is 5.69 Å². The third-order valence-electron chi connectivity index (χ3n) is 11.3. The molecule has 0 unspecified atom stereocenters. The van der Waals surface area contributed by atoms with Gasteiger partial charge < -0.3 is 4.90 Å². The summed E-state index contributed by atoms with van der Waals surface area (Å²) in [7, 11) is 0. The molecule has 52 heavy (non-hydrogen) atoms. The number of para-hydroxylation sites is 2. The highest BCUT2D eigenvalue weighted by atomic mass is 15.1. The molecule has 0 aliphatic heterocycles. The minimum Gasteiger partial charge on any atom is -0.310 e. The zero-order valence-corrected chi connectivity index (χ0v) is 30.9. The third-order valence-corrected chi connectivity index (χ3v) is 11.3. The van der Waals surface area contributed by atoms with Crippen molar-refractivity contribution in [1.29, 1.82) is 0 Å². The van der Waals surface area contributed by atoms with Crippen LogP contribution in [0.1, 0.15) is 33.4 Å². The number of aryl methyl sites for hydroxylation is 6. The lowest BCUT2D eigenvalue weighted by molar-refractivity contribution is 1.30. The quantitative estimate of drug-likeness (QED) is 0.0969. The van der Waals surface area contributed by atoms with Gasteiger partial charge in [-0.2, -0.15) is 0 Å². The molecule has 0 spiro atoms. The molecule has 0 saturated heterocycles. The van der Waals surface area contributed by atoms with Gasteiger partial charge in [0.15, 0.2) is 0 Å². The highest BCUT2D eigenvalue weighted by Crippen LogP contribution is 2.47. The summed E-state index contributed by atoms with van der Waals surface area (Å²) in [6.07, 6.45) is 0. The Hall–Kier alpha value is -5.86. The summed E-state index contributed by atoms with van der Waals surface area (Å²) in [5, 5.41) is 10.4. The van der Waals surface area contributed by atoms with Crippen LogP contribution < -0.4 is 21.3 Å². The van der Waals surface area contributed by atoms with Gasteiger partial charge >= 0.3 is 0 Å². The van der Waals surface area contributed by atoms with E-state index in [2.05, 4.69) is 192 Å². The number of anilines is 3. The second kappa shape index (κ2) is 12.4. The summed E-state index contributed by atoms with van der Waals surface area (Å²) in [5.74, 6) is 0. The SMILES string of the molecule is Cc1cc(C)c(B(c2c(C)cc(C)cc2C)c2ccc3c4ccccc4c4c(N(c5ccccc5)c5ccccc5)ccc5ccc2c3c54)c(C)c1. The van der Waals surface area contributed by atoms with Crippen molar-refractivity contribution in [1.82, 2.24) is 0 Å². The number of benzene rings is 9. The average Bonchev–Trinajstić information content (AvgIpc) is 3.14. The molecule has 2 heteroatoms. The molecular weight excluding hydrogens is 625 g/mol. The minimum atomic E-state index is 0.0849. The first-order valence-electron chi connectivity index (χ1n) is 18.5. The van der Waals surface area contributed by atoms with E-state index in [1.165, 1.54) is 98.5 Å². The Morgan fingerprint density at radius 3 is 1.40 bits per heavy atom. The van der Waals surface area contributed by atoms with Gasteiger partial charge in [0.1, 0.15) is 0 Å². The summed E-state index contributed by atoms with van der Waals surface area (Å²) in [4.78, 5) is 2.43. The van der Waals surface area contributed by atoms with E-state index in [9.17, 15) is 0 Å². The third kappa shape index (κ3) is 5.00. The van der Waals surface area contributed by atoms with E-state index in [-0.39, 0.29) is 6.71 Å². The van der Waals surface area contributed by atoms with Crippen molar-refractivity contribution >= 4 is 83.3 Å². The smallest absolute Gasteiger partial charge is 0.243 e. The van der Waals surface area contributed by atoms with Crippen LogP contribution in [0, 0.1) is 41.5 Å². The fourth-order valence-electron chi connectivity index (χ4n) is 9.47. The Kier molecular flexibility index (Phi) is 7.67. The predicted molar refractivity (Wildman–Crippen MR) is 228 cm³/mol. The molecule has 0 N–H and O–H groups in total. The van der Waals surface area contributed by atoms with Crippen LogP contribution in [-0.2, 0) is 0 Å². The summed E-state index contributed by atoms with van der Waals surface area (Å²) in [5.41, 5.74) is 15.7. The van der Waals surface area contributed by atoms with Gasteiger partial charge in [0.25, 0.3) is 0 Å². The van der Waals surface area contributed by atoms with Gasteiger partial charge in [-0.3, -0.25) is 0 Å². The molecule has 0 fully saturated rings. The second-order valence-corrected chi connectivity index (χ2v) is 14.9. The van der Waals surface area contributed by atoms with Crippen molar-refractivity contribution < 1.29 is 0 Å². The topological polar surface area (TPSA) is 3.24 Å². The monoisotopic (exact) mass is 667 g/mol. The molecule has 0 radical (unpaired) electrons. The van der Waals surface area contributed by atoms with Crippen molar-refractivity contribution in [2.45, 2.75) is 41.5 Å². The van der Waals surface area contributed by atoms with E-state index in [0.29, 0.717) is 0 Å². The first-order chi connectivity index (χ1) is 25.3. The Bertz CT molecular complexity index is 2660. The maximum Gasteiger partial charge on any atom is 0.243 e. The lowest BCUT2D eigenvalue weighted by Crippen LogP contribution is -2.56. The molecule has 0 atom stereocenters. The zero-order chi connectivity index (χ0) is 35.7. The van der Waals surface area contributed by atoms with Gasteiger partial charge in [-0.1, -0.05) is 165 Å². The maximum atomic E-state index is 2.44. The lowest BCUT2D eigenvalue weighted by atomic mass is 9.33. The van der Waals surface area contributed by atoms with Crippen molar-refractivity contribution in [2.75, 3.05) is 4.90 Å². The molecule has 0 amide bonds. The number of hydrogen-bond acceptors (Lipinski definition) is 1. The van der Waals surface area contributed by atoms with Crippen LogP contribution in [0.15, 0.2) is 146 Å². The Balaban J connectivity index is 1.44. The van der Waals surface area contributed by atoms with E-state index < -0.39 is 0 Å². The zero-order valence-electron chi connectivity index (χ0n) is 30.9. The largest absolute Gasteiger partial charge is 0.310 e. The molecule has 0 aliphatic rings. The summed E-state index contributed by atoms with van der Waals surface area (Å²) < 4.78 is 0. The Morgan fingerprint density at radius 2 is 0.846 bits per heavy atom. The van der Waals surface area contributed by atoms with Crippen LogP contribution in [0.5, 0.6) is 0 Å². The highest BCUT2D eigenvalue weighted by molar-refractivity contribution is 6.98. The fraction of sp³-hybridized carbons (Fsp3) is 0.120. The predicted octanol–water partition coefficient (Wildman–Crippen LogP) is 11.6. The van der Waals surface area contributed by atoms with E-state index in [4.69, 9.17) is 0 Å². The normalized spacial score (nSPS) is 11.7. The molecule has 0 heterocycles. The molecule has 0 aromatic heterocycles. The Morgan fingerprint density at radius 1 is 0.385 bits per heavy atom. The van der Waals surface area contributed by atoms with Crippen LogP contribution in [0.4, 0.5) is 17.1 Å². The maximum absolute atomic E-state index is 2.44. The van der Waals surface area contributed by atoms with Crippen LogP contribution >= 0.6 is 0 Å². The average molecular weight is 668 g/mol. The second-order valence-electron chi connectivity index (χ2n) is 14.9. The molecule has 0 aliphatic carbocycles. The summed E-state index contributed by atoms with van der Waals surface area (Å²) in [6, 6.07) is 54.4. The number of fused-ring (bicyclic) bond motifs is 3. The first-order valence-corrected chi connectivity index (χ1v) is 18.5. The number of nitrogens with zero attached hydrogens (tertiary/aromatic N) is 1. The van der Waals surface area contributed by atoms with Crippen molar-refractivity contribution in [2.24, 2.45) is 0 Å². The first kappa shape index (κ1) is 32.1. The van der Waals surface area contributed by atoms with Gasteiger partial charge in [-0.25, -0.2) is 0 Å². The van der Waals surface area contributed by atoms with Crippen LogP contribution in [0.25, 0.3) is 43.1 Å². The van der Waals surface area contributed by atoms with Crippen LogP contribution in [0.3, 0.4) is 0 Å². The molecule has 0 saturated carbocycles. The Labute approximate surface area is 307 Å². The highest BCUT2D eigenvalue weighted by Gasteiger charge is 2.31. The molecular formula is C50H42BN. The lowest BCUT2D eigenvalue weighted by Gasteiger charge is -2.29. The van der Waals surface area contributed by atoms with Crippen LogP contribution in [-0.4, -0.2) is 6.71 Å². The van der Waals surface area contributed by atoms with E-state index in [1.807, 2.05) is 0 Å². The minimum absolute atomic E-state index is 0.0849. The molecule has 9 rings (SSSR count). The fourth-order valence-corrected chi connectivity index (χ4v) is 9.47. The summed E-state index contributed by atoms with van der Waals surface area (Å²) >= 11 is 0.